The monoisotopic (exact) mass is 444 g/mol. The summed E-state index contributed by atoms with van der Waals surface area (Å²) in [6, 6.07) is 11.3. The summed E-state index contributed by atoms with van der Waals surface area (Å²) in [5.74, 6) is 1.55. The third kappa shape index (κ3) is 6.60. The van der Waals surface area contributed by atoms with Crippen molar-refractivity contribution in [3.8, 4) is 11.4 Å². The second-order valence-electron chi connectivity index (χ2n) is 6.94. The first-order valence-corrected chi connectivity index (χ1v) is 10.6. The number of allylic oxidation sites excluding steroid dienone is 3. The molecule has 0 unspecified atom stereocenters. The Kier molecular flexibility index (Phi) is 8.47. The Morgan fingerprint density at radius 2 is 1.85 bits per heavy atom. The van der Waals surface area contributed by atoms with Gasteiger partial charge < -0.3 is 21.3 Å². The third-order valence-corrected chi connectivity index (χ3v) is 4.68. The van der Waals surface area contributed by atoms with Gasteiger partial charge >= 0.3 is 0 Å². The van der Waals surface area contributed by atoms with Crippen LogP contribution < -0.4 is 21.3 Å². The zero-order valence-electron chi connectivity index (χ0n) is 19.0. The summed E-state index contributed by atoms with van der Waals surface area (Å²) in [6.07, 6.45) is 9.93. The van der Waals surface area contributed by atoms with Gasteiger partial charge in [0.25, 0.3) is 5.91 Å². The van der Waals surface area contributed by atoms with Gasteiger partial charge in [-0.3, -0.25) is 4.79 Å². The summed E-state index contributed by atoms with van der Waals surface area (Å²) >= 11 is 0. The van der Waals surface area contributed by atoms with Crippen LogP contribution in [0.3, 0.4) is 0 Å². The predicted octanol–water partition coefficient (Wildman–Crippen LogP) is 3.52. The predicted molar refractivity (Wildman–Crippen MR) is 131 cm³/mol. The van der Waals surface area contributed by atoms with E-state index in [1.165, 1.54) is 6.20 Å². The van der Waals surface area contributed by atoms with Crippen LogP contribution in [-0.2, 0) is 0 Å². The number of hydrogen-bond donors (Lipinski definition) is 4. The van der Waals surface area contributed by atoms with Gasteiger partial charge in [0, 0.05) is 50.7 Å². The largest absolute Gasteiger partial charge is 0.391 e. The van der Waals surface area contributed by atoms with Gasteiger partial charge in [0.1, 0.15) is 17.2 Å². The molecule has 33 heavy (non-hydrogen) atoms. The Balaban J connectivity index is 1.79. The van der Waals surface area contributed by atoms with Gasteiger partial charge in [-0.05, 0) is 19.1 Å². The molecule has 0 aliphatic carbocycles. The minimum atomic E-state index is -0.294. The highest BCUT2D eigenvalue weighted by atomic mass is 16.1. The average Bonchev–Trinajstić information content (AvgIpc) is 2.86. The fraction of sp³-hybridized carbons (Fsp3) is 0.208. The number of hydrogen-bond acceptors (Lipinski definition) is 8. The summed E-state index contributed by atoms with van der Waals surface area (Å²) in [5, 5.41) is 12.1. The molecule has 2 aromatic heterocycles. The van der Waals surface area contributed by atoms with Crippen molar-refractivity contribution in [1.29, 1.82) is 0 Å². The second-order valence-corrected chi connectivity index (χ2v) is 6.94. The van der Waals surface area contributed by atoms with Gasteiger partial charge in [0.15, 0.2) is 5.82 Å². The number of aromatic nitrogens is 4. The van der Waals surface area contributed by atoms with Gasteiger partial charge in [-0.25, -0.2) is 15.0 Å². The lowest BCUT2D eigenvalue weighted by Gasteiger charge is -2.12. The molecule has 3 aromatic rings. The number of carbonyl (C=O) groups excluding carboxylic acids is 1. The highest BCUT2D eigenvalue weighted by Crippen LogP contribution is 2.22. The van der Waals surface area contributed by atoms with Gasteiger partial charge in [-0.2, -0.15) is 4.98 Å². The van der Waals surface area contributed by atoms with Crippen LogP contribution in [0, 0.1) is 0 Å². The molecule has 0 aliphatic heterocycles. The van der Waals surface area contributed by atoms with Crippen molar-refractivity contribution in [3.05, 3.63) is 78.3 Å². The molecule has 4 N–H and O–H groups in total. The van der Waals surface area contributed by atoms with Crippen LogP contribution in [-0.4, -0.2) is 46.5 Å². The zero-order chi connectivity index (χ0) is 23.5. The van der Waals surface area contributed by atoms with E-state index in [4.69, 9.17) is 0 Å². The third-order valence-electron chi connectivity index (χ3n) is 4.68. The fourth-order valence-corrected chi connectivity index (χ4v) is 2.95. The van der Waals surface area contributed by atoms with Crippen molar-refractivity contribution in [2.45, 2.75) is 13.3 Å². The Bertz CT molecular complexity index is 1130. The van der Waals surface area contributed by atoms with E-state index in [-0.39, 0.29) is 5.91 Å². The normalized spacial score (nSPS) is 11.3. The lowest BCUT2D eigenvalue weighted by atomic mass is 10.2. The van der Waals surface area contributed by atoms with Gasteiger partial charge in [-0.1, -0.05) is 42.5 Å². The summed E-state index contributed by atoms with van der Waals surface area (Å²) in [4.78, 5) is 30.1. The van der Waals surface area contributed by atoms with Crippen molar-refractivity contribution in [2.24, 2.45) is 0 Å². The molecule has 170 valence electrons. The molecule has 2 heterocycles. The first-order chi connectivity index (χ1) is 16.1. The number of rotatable bonds is 10. The van der Waals surface area contributed by atoms with Crippen LogP contribution in [0.2, 0.25) is 0 Å². The van der Waals surface area contributed by atoms with Crippen molar-refractivity contribution in [3.63, 3.8) is 0 Å². The molecule has 0 saturated heterocycles. The van der Waals surface area contributed by atoms with Crippen molar-refractivity contribution in [1.82, 2.24) is 30.6 Å². The standard InChI is InChI=1S/C24H28N8O/c1-4-5-11-18(25-2)12-14-27-24-28-15-13-20(31-24)30-22-19(23(33)26-3)16-29-21(32-22)17-9-7-6-8-10-17/h4-11,13,15-16,25H,12,14H2,1-3H3,(H,26,33)(H2,27,28,29,30,31,32)/b5-4-,18-11-. The maximum absolute atomic E-state index is 12.4. The number of carbonyl (C=O) groups is 1. The fourth-order valence-electron chi connectivity index (χ4n) is 2.95. The van der Waals surface area contributed by atoms with Crippen LogP contribution in [0.1, 0.15) is 23.7 Å². The first-order valence-electron chi connectivity index (χ1n) is 10.6. The number of nitrogens with zero attached hydrogens (tertiary/aromatic N) is 4. The molecule has 1 aromatic carbocycles. The molecule has 0 bridgehead atoms. The lowest BCUT2D eigenvalue weighted by molar-refractivity contribution is 0.0963. The zero-order valence-corrected chi connectivity index (χ0v) is 19.0. The lowest BCUT2D eigenvalue weighted by Crippen LogP contribution is -2.20. The van der Waals surface area contributed by atoms with E-state index in [0.29, 0.717) is 35.5 Å². The van der Waals surface area contributed by atoms with E-state index in [1.807, 2.05) is 62.5 Å². The molecule has 0 radical (unpaired) electrons. The summed E-state index contributed by atoms with van der Waals surface area (Å²) < 4.78 is 0. The minimum Gasteiger partial charge on any atom is -0.391 e. The Labute approximate surface area is 193 Å². The van der Waals surface area contributed by atoms with Crippen LogP contribution in [0.25, 0.3) is 11.4 Å². The smallest absolute Gasteiger partial charge is 0.256 e. The molecule has 0 spiro atoms. The summed E-state index contributed by atoms with van der Waals surface area (Å²) in [7, 11) is 3.46. The van der Waals surface area contributed by atoms with Gasteiger partial charge in [0.05, 0.1) is 0 Å². The van der Waals surface area contributed by atoms with Crippen molar-refractivity contribution >= 4 is 23.5 Å². The molecule has 0 aliphatic rings. The average molecular weight is 445 g/mol. The van der Waals surface area contributed by atoms with E-state index in [1.54, 1.807) is 19.3 Å². The molecular weight excluding hydrogens is 416 g/mol. The van der Waals surface area contributed by atoms with E-state index >= 15 is 0 Å². The highest BCUT2D eigenvalue weighted by molar-refractivity contribution is 5.99. The molecular formula is C24H28N8O. The number of anilines is 3. The molecule has 9 nitrogen and oxygen atoms in total. The molecule has 9 heteroatoms. The molecule has 1 amide bonds. The van der Waals surface area contributed by atoms with Crippen LogP contribution in [0.4, 0.5) is 17.6 Å². The van der Waals surface area contributed by atoms with Crippen LogP contribution in [0.15, 0.2) is 72.7 Å². The summed E-state index contributed by atoms with van der Waals surface area (Å²) in [6.45, 7) is 2.63. The van der Waals surface area contributed by atoms with E-state index in [0.717, 1.165) is 17.7 Å². The van der Waals surface area contributed by atoms with E-state index in [9.17, 15) is 4.79 Å². The van der Waals surface area contributed by atoms with Crippen LogP contribution >= 0.6 is 0 Å². The molecule has 0 saturated carbocycles. The quantitative estimate of drug-likeness (QED) is 0.351. The van der Waals surface area contributed by atoms with Crippen molar-refractivity contribution < 1.29 is 4.79 Å². The van der Waals surface area contributed by atoms with Gasteiger partial charge in [-0.15, -0.1) is 0 Å². The minimum absolute atomic E-state index is 0.294. The number of nitrogens with one attached hydrogen (secondary N) is 4. The molecule has 0 atom stereocenters. The SMILES string of the molecule is C/C=C\C=C(\CCNc1nccc(Nc2nc(-c3ccccc3)ncc2C(=O)NC)n1)NC. The van der Waals surface area contributed by atoms with Crippen molar-refractivity contribution in [2.75, 3.05) is 31.3 Å². The topological polar surface area (TPSA) is 117 Å². The van der Waals surface area contributed by atoms with Crippen LogP contribution in [0.5, 0.6) is 0 Å². The Hall–Kier alpha value is -4.27. The summed E-state index contributed by atoms with van der Waals surface area (Å²) in [5.41, 5.74) is 2.26. The maximum Gasteiger partial charge on any atom is 0.256 e. The first kappa shape index (κ1) is 23.4. The molecule has 0 fully saturated rings. The van der Waals surface area contributed by atoms with Gasteiger partial charge in [0.2, 0.25) is 5.95 Å². The Morgan fingerprint density at radius 3 is 2.58 bits per heavy atom. The number of amides is 1. The van der Waals surface area contributed by atoms with E-state index in [2.05, 4.69) is 41.2 Å². The van der Waals surface area contributed by atoms with E-state index < -0.39 is 0 Å². The Morgan fingerprint density at radius 1 is 1.03 bits per heavy atom. The molecule has 3 rings (SSSR count). The number of benzene rings is 1. The second kappa shape index (κ2) is 11.9. The highest BCUT2D eigenvalue weighted by Gasteiger charge is 2.15. The maximum atomic E-state index is 12.4.